The van der Waals surface area contributed by atoms with Gasteiger partial charge in [0.05, 0.1) is 6.42 Å². The molecule has 19 heavy (non-hydrogen) atoms. The number of hydrogen-bond donors (Lipinski definition) is 2. The van der Waals surface area contributed by atoms with Gasteiger partial charge in [-0.15, -0.1) is 0 Å². The first-order chi connectivity index (χ1) is 9.25. The van der Waals surface area contributed by atoms with Crippen molar-refractivity contribution in [3.63, 3.8) is 0 Å². The van der Waals surface area contributed by atoms with E-state index in [-0.39, 0.29) is 6.42 Å². The minimum absolute atomic E-state index is 0.0455. The van der Waals surface area contributed by atoms with Gasteiger partial charge in [0.2, 0.25) is 0 Å². The summed E-state index contributed by atoms with van der Waals surface area (Å²) in [6.45, 7) is 0. The van der Waals surface area contributed by atoms with Crippen molar-refractivity contribution in [2.75, 3.05) is 0 Å². The molecule has 0 aromatic carbocycles. The summed E-state index contributed by atoms with van der Waals surface area (Å²) in [5, 5.41) is 9.93. The van der Waals surface area contributed by atoms with Crippen molar-refractivity contribution < 1.29 is 9.90 Å². The third-order valence-electron chi connectivity index (χ3n) is 3.02. The van der Waals surface area contributed by atoms with E-state index in [4.69, 9.17) is 5.11 Å². The number of nitrogens with zero attached hydrogens (tertiary/aromatic N) is 2. The molecule has 3 heterocycles. The summed E-state index contributed by atoms with van der Waals surface area (Å²) in [5.41, 5.74) is 3.49. The highest BCUT2D eigenvalue weighted by atomic mass is 16.4. The molecule has 0 spiro atoms. The predicted octanol–water partition coefficient (Wildman–Crippen LogP) is 2.25. The van der Waals surface area contributed by atoms with Crippen molar-refractivity contribution in [3.8, 4) is 11.1 Å². The molecule has 94 valence electrons. The fourth-order valence-corrected chi connectivity index (χ4v) is 2.18. The van der Waals surface area contributed by atoms with Crippen LogP contribution in [0.1, 0.15) is 5.56 Å². The Morgan fingerprint density at radius 2 is 1.95 bits per heavy atom. The molecule has 3 aromatic heterocycles. The van der Waals surface area contributed by atoms with Crippen molar-refractivity contribution in [1.29, 1.82) is 0 Å². The molecule has 0 aliphatic carbocycles. The summed E-state index contributed by atoms with van der Waals surface area (Å²) < 4.78 is 0. The highest BCUT2D eigenvalue weighted by Gasteiger charge is 2.12. The van der Waals surface area contributed by atoms with Crippen LogP contribution in [0.3, 0.4) is 0 Å². The van der Waals surface area contributed by atoms with E-state index < -0.39 is 5.97 Å². The molecular formula is C14H11N3O2. The summed E-state index contributed by atoms with van der Waals surface area (Å²) in [7, 11) is 0. The first-order valence-electron chi connectivity index (χ1n) is 5.82. The molecule has 5 nitrogen and oxygen atoms in total. The minimum atomic E-state index is -0.868. The van der Waals surface area contributed by atoms with Gasteiger partial charge in [-0.1, -0.05) is 0 Å². The number of carboxylic acids is 1. The lowest BCUT2D eigenvalue weighted by Gasteiger charge is -2.05. The molecule has 0 amide bonds. The van der Waals surface area contributed by atoms with Crippen LogP contribution in [0.5, 0.6) is 0 Å². The fourth-order valence-electron chi connectivity index (χ4n) is 2.18. The molecule has 0 saturated carbocycles. The smallest absolute Gasteiger partial charge is 0.307 e. The SMILES string of the molecule is O=C(O)Cc1cnccc1-c1c[nH]c2ccncc12. The molecule has 0 radical (unpaired) electrons. The van der Waals surface area contributed by atoms with Crippen molar-refractivity contribution in [2.24, 2.45) is 0 Å². The molecule has 2 N–H and O–H groups in total. The first kappa shape index (κ1) is 11.4. The summed E-state index contributed by atoms with van der Waals surface area (Å²) in [6, 6.07) is 3.71. The lowest BCUT2D eigenvalue weighted by molar-refractivity contribution is -0.136. The largest absolute Gasteiger partial charge is 0.481 e. The lowest BCUT2D eigenvalue weighted by Crippen LogP contribution is -2.02. The van der Waals surface area contributed by atoms with Crippen LogP contribution in [0.15, 0.2) is 43.1 Å². The zero-order valence-corrected chi connectivity index (χ0v) is 10.00. The number of nitrogens with one attached hydrogen (secondary N) is 1. The average Bonchev–Trinajstić information content (AvgIpc) is 2.82. The number of H-pyrrole nitrogens is 1. The standard InChI is InChI=1S/C14H11N3O2/c18-14(19)5-9-6-15-3-1-10(9)11-8-17-13-2-4-16-7-12(11)13/h1-4,6-8,17H,5H2,(H,18,19). The Labute approximate surface area is 109 Å². The van der Waals surface area contributed by atoms with E-state index in [0.717, 1.165) is 22.0 Å². The molecule has 0 unspecified atom stereocenters. The van der Waals surface area contributed by atoms with Crippen LogP contribution in [-0.4, -0.2) is 26.0 Å². The zero-order chi connectivity index (χ0) is 13.2. The predicted molar refractivity (Wildman–Crippen MR) is 70.7 cm³/mol. The van der Waals surface area contributed by atoms with Crippen LogP contribution in [0.2, 0.25) is 0 Å². The number of rotatable bonds is 3. The Hall–Kier alpha value is -2.69. The maximum absolute atomic E-state index is 10.9. The van der Waals surface area contributed by atoms with Gasteiger partial charge in [-0.3, -0.25) is 14.8 Å². The van der Waals surface area contributed by atoms with Crippen molar-refractivity contribution in [3.05, 3.63) is 48.7 Å². The van der Waals surface area contributed by atoms with Gasteiger partial charge < -0.3 is 10.1 Å². The summed E-state index contributed by atoms with van der Waals surface area (Å²) in [4.78, 5) is 22.2. The van der Waals surface area contributed by atoms with Crippen molar-refractivity contribution in [2.45, 2.75) is 6.42 Å². The number of carboxylic acid groups (broad SMARTS) is 1. The maximum Gasteiger partial charge on any atom is 0.307 e. The Balaban J connectivity index is 2.19. The minimum Gasteiger partial charge on any atom is -0.481 e. The average molecular weight is 253 g/mol. The van der Waals surface area contributed by atoms with E-state index >= 15 is 0 Å². The van der Waals surface area contributed by atoms with E-state index in [0.29, 0.717) is 5.56 Å². The normalized spacial score (nSPS) is 10.7. The summed E-state index contributed by atoms with van der Waals surface area (Å²) in [5.74, 6) is -0.868. The molecule has 5 heteroatoms. The van der Waals surface area contributed by atoms with Crippen molar-refractivity contribution >= 4 is 16.9 Å². The van der Waals surface area contributed by atoms with E-state index in [1.54, 1.807) is 24.8 Å². The molecule has 0 saturated heterocycles. The van der Waals surface area contributed by atoms with Gasteiger partial charge in [-0.25, -0.2) is 0 Å². The van der Waals surface area contributed by atoms with Crippen LogP contribution in [0.4, 0.5) is 0 Å². The van der Waals surface area contributed by atoms with E-state index in [2.05, 4.69) is 15.0 Å². The van der Waals surface area contributed by atoms with Gasteiger partial charge in [0, 0.05) is 47.5 Å². The molecule has 0 aliphatic rings. The molecule has 0 fully saturated rings. The number of aromatic nitrogens is 3. The monoisotopic (exact) mass is 253 g/mol. The van der Waals surface area contributed by atoms with E-state index in [1.807, 2.05) is 18.3 Å². The second kappa shape index (κ2) is 4.53. The maximum atomic E-state index is 10.9. The van der Waals surface area contributed by atoms with Gasteiger partial charge in [-0.05, 0) is 23.3 Å². The van der Waals surface area contributed by atoms with Gasteiger partial charge >= 0.3 is 5.97 Å². The highest BCUT2D eigenvalue weighted by molar-refractivity contribution is 5.96. The number of carbonyl (C=O) groups is 1. The molecule has 3 aromatic rings. The molecular weight excluding hydrogens is 242 g/mol. The second-order valence-corrected chi connectivity index (χ2v) is 4.23. The first-order valence-corrected chi connectivity index (χ1v) is 5.82. The van der Waals surface area contributed by atoms with Gasteiger partial charge in [-0.2, -0.15) is 0 Å². The quantitative estimate of drug-likeness (QED) is 0.750. The van der Waals surface area contributed by atoms with Crippen LogP contribution >= 0.6 is 0 Å². The van der Waals surface area contributed by atoms with Crippen LogP contribution in [-0.2, 0) is 11.2 Å². The second-order valence-electron chi connectivity index (χ2n) is 4.23. The Morgan fingerprint density at radius 3 is 2.79 bits per heavy atom. The number of fused-ring (bicyclic) bond motifs is 1. The van der Waals surface area contributed by atoms with E-state index in [9.17, 15) is 4.79 Å². The molecule has 3 rings (SSSR count). The summed E-state index contributed by atoms with van der Waals surface area (Å²) >= 11 is 0. The Bertz CT molecular complexity index is 749. The van der Waals surface area contributed by atoms with Crippen molar-refractivity contribution in [1.82, 2.24) is 15.0 Å². The topological polar surface area (TPSA) is 78.9 Å². The number of hydrogen-bond acceptors (Lipinski definition) is 3. The molecule has 0 aliphatic heterocycles. The fraction of sp³-hybridized carbons (Fsp3) is 0.0714. The summed E-state index contributed by atoms with van der Waals surface area (Å²) in [6.07, 6.45) is 8.57. The molecule has 0 atom stereocenters. The Kier molecular flexibility index (Phi) is 2.72. The third-order valence-corrected chi connectivity index (χ3v) is 3.02. The number of pyridine rings is 2. The number of aromatic amines is 1. The molecule has 0 bridgehead atoms. The Morgan fingerprint density at radius 1 is 1.16 bits per heavy atom. The van der Waals surface area contributed by atoms with Gasteiger partial charge in [0.15, 0.2) is 0 Å². The third kappa shape index (κ3) is 2.06. The van der Waals surface area contributed by atoms with Gasteiger partial charge in [0.25, 0.3) is 0 Å². The zero-order valence-electron chi connectivity index (χ0n) is 10.00. The van der Waals surface area contributed by atoms with E-state index in [1.165, 1.54) is 0 Å². The van der Waals surface area contributed by atoms with Crippen LogP contribution in [0.25, 0.3) is 22.0 Å². The van der Waals surface area contributed by atoms with Gasteiger partial charge in [0.1, 0.15) is 0 Å². The van der Waals surface area contributed by atoms with Crippen LogP contribution in [0, 0.1) is 0 Å². The highest BCUT2D eigenvalue weighted by Crippen LogP contribution is 2.30. The number of aliphatic carboxylic acids is 1. The van der Waals surface area contributed by atoms with Crippen LogP contribution < -0.4 is 0 Å². The lowest BCUT2D eigenvalue weighted by atomic mass is 10.00.